The van der Waals surface area contributed by atoms with Crippen molar-refractivity contribution >= 4 is 19.4 Å². The molecule has 0 fully saturated rings. The first kappa shape index (κ1) is 32.7. The second kappa shape index (κ2) is 10.5. The minimum absolute atomic E-state index is 0.0103. The van der Waals surface area contributed by atoms with Crippen molar-refractivity contribution in [1.82, 2.24) is 9.55 Å². The first-order valence-electron chi connectivity index (χ1n) is 10.6. The van der Waals surface area contributed by atoms with Gasteiger partial charge in [-0.2, -0.15) is 0 Å². The Balaban J connectivity index is 1.90. The number of hydrogen-bond donors (Lipinski definition) is 2. The average Bonchev–Trinajstić information content (AvgIpc) is 3.25. The van der Waals surface area contributed by atoms with E-state index in [2.05, 4.69) is 0 Å². The van der Waals surface area contributed by atoms with E-state index in [1.807, 2.05) is 4.98 Å². The Bertz CT molecular complexity index is 1420. The standard InChI is InChI=1S/C21H13F13N2O4Se/c22-16(23,17(24,25)18(26,27)19(28,29)20(30,31)21(32,33)34)9-1-3-10(4-2-9)41-12-7-14(40-11(12)8-37)36-6-5-13(38)35-15(36)39/h1-7,11,14,37H,8H2,(H,35,38,39)/t11-,14-/m1/s1. The fourth-order valence-corrected chi connectivity index (χ4v) is 5.43. The zero-order valence-electron chi connectivity index (χ0n) is 19.3. The van der Waals surface area contributed by atoms with Gasteiger partial charge in [0.05, 0.1) is 0 Å². The number of nitrogens with one attached hydrogen (secondary N) is 1. The number of hydrogen-bond acceptors (Lipinski definition) is 4. The number of aliphatic hydroxyl groups excluding tert-OH is 1. The van der Waals surface area contributed by atoms with E-state index in [0.717, 1.165) is 16.8 Å². The van der Waals surface area contributed by atoms with Gasteiger partial charge in [-0.25, -0.2) is 0 Å². The number of benzene rings is 1. The second-order valence-electron chi connectivity index (χ2n) is 8.28. The maximum absolute atomic E-state index is 14.4. The van der Waals surface area contributed by atoms with Gasteiger partial charge >= 0.3 is 224 Å². The van der Waals surface area contributed by atoms with Crippen molar-refractivity contribution in [3.8, 4) is 0 Å². The maximum atomic E-state index is 14.4. The number of alkyl halides is 13. The molecule has 1 aliphatic rings. The molecule has 2 heterocycles. The second-order valence-corrected chi connectivity index (χ2v) is 10.7. The number of H-pyrrole nitrogens is 1. The molecule has 0 saturated heterocycles. The zero-order chi connectivity index (χ0) is 31.4. The molecule has 1 aliphatic heterocycles. The molecule has 0 saturated carbocycles. The third-order valence-electron chi connectivity index (χ3n) is 5.60. The molecule has 0 unspecified atom stereocenters. The monoisotopic (exact) mass is 684 g/mol. The molecule has 1 aromatic heterocycles. The Kier molecular flexibility index (Phi) is 8.34. The summed E-state index contributed by atoms with van der Waals surface area (Å²) in [7, 11) is 0. The molecule has 2 N–H and O–H groups in total. The molecule has 2 aromatic rings. The first-order chi connectivity index (χ1) is 18.5. The van der Waals surface area contributed by atoms with Gasteiger partial charge in [0.1, 0.15) is 0 Å². The third kappa shape index (κ3) is 5.30. The molecular weight excluding hydrogens is 670 g/mol. The van der Waals surface area contributed by atoms with E-state index < -0.39 is 86.5 Å². The number of aliphatic hydroxyl groups is 1. The van der Waals surface area contributed by atoms with Crippen LogP contribution in [0.3, 0.4) is 0 Å². The van der Waals surface area contributed by atoms with E-state index in [0.29, 0.717) is 12.1 Å². The van der Waals surface area contributed by atoms with Crippen molar-refractivity contribution in [3.63, 3.8) is 0 Å². The molecular formula is C21H13F13N2O4Se. The van der Waals surface area contributed by atoms with Crippen LogP contribution in [0.1, 0.15) is 11.8 Å². The van der Waals surface area contributed by atoms with Gasteiger partial charge < -0.3 is 0 Å². The van der Waals surface area contributed by atoms with E-state index in [9.17, 15) is 71.8 Å². The predicted molar refractivity (Wildman–Crippen MR) is 112 cm³/mol. The Morgan fingerprint density at radius 2 is 1.34 bits per heavy atom. The fraction of sp³-hybridized carbons (Fsp3) is 0.429. The molecule has 20 heteroatoms. The molecule has 1 aromatic carbocycles. The van der Waals surface area contributed by atoms with E-state index in [4.69, 9.17) is 4.74 Å². The molecule has 0 bridgehead atoms. The minimum atomic E-state index is -7.99. The van der Waals surface area contributed by atoms with Gasteiger partial charge in [0.2, 0.25) is 0 Å². The normalized spacial score (nSPS) is 19.4. The van der Waals surface area contributed by atoms with Crippen LogP contribution in [0.2, 0.25) is 0 Å². The molecule has 228 valence electrons. The van der Waals surface area contributed by atoms with Crippen molar-refractivity contribution in [2.75, 3.05) is 6.61 Å². The van der Waals surface area contributed by atoms with Gasteiger partial charge in [-0.15, -0.1) is 0 Å². The van der Waals surface area contributed by atoms with E-state index >= 15 is 0 Å². The van der Waals surface area contributed by atoms with Gasteiger partial charge in [0, 0.05) is 0 Å². The van der Waals surface area contributed by atoms with E-state index in [1.165, 1.54) is 6.08 Å². The van der Waals surface area contributed by atoms with Crippen LogP contribution in [0.25, 0.3) is 0 Å². The van der Waals surface area contributed by atoms with Gasteiger partial charge in [0.15, 0.2) is 0 Å². The molecule has 41 heavy (non-hydrogen) atoms. The van der Waals surface area contributed by atoms with Gasteiger partial charge in [0.25, 0.3) is 0 Å². The third-order valence-corrected chi connectivity index (χ3v) is 8.00. The van der Waals surface area contributed by atoms with E-state index in [1.54, 1.807) is 0 Å². The van der Waals surface area contributed by atoms with Crippen LogP contribution >= 0.6 is 0 Å². The molecule has 6 nitrogen and oxygen atoms in total. The predicted octanol–water partition coefficient (Wildman–Crippen LogP) is 3.54. The van der Waals surface area contributed by atoms with E-state index in [-0.39, 0.29) is 21.1 Å². The van der Waals surface area contributed by atoms with Gasteiger partial charge in [-0.3, -0.25) is 0 Å². The number of halogens is 13. The Labute approximate surface area is 224 Å². The van der Waals surface area contributed by atoms with Crippen molar-refractivity contribution < 1.29 is 66.9 Å². The molecule has 0 radical (unpaired) electrons. The van der Waals surface area contributed by atoms with Crippen LogP contribution < -0.4 is 15.7 Å². The molecule has 0 amide bonds. The van der Waals surface area contributed by atoms with Crippen molar-refractivity contribution in [3.05, 3.63) is 73.5 Å². The van der Waals surface area contributed by atoms with Gasteiger partial charge in [-0.05, 0) is 0 Å². The summed E-state index contributed by atoms with van der Waals surface area (Å²) in [5, 5.41) is 9.54. The van der Waals surface area contributed by atoms with Crippen LogP contribution in [0.4, 0.5) is 57.1 Å². The van der Waals surface area contributed by atoms with Crippen molar-refractivity contribution in [2.45, 2.75) is 48.1 Å². The summed E-state index contributed by atoms with van der Waals surface area (Å²) in [5.74, 6) is -37.5. The van der Waals surface area contributed by atoms with Crippen LogP contribution in [-0.2, 0) is 10.7 Å². The molecule has 2 atom stereocenters. The summed E-state index contributed by atoms with van der Waals surface area (Å²) >= 11 is -1.02. The number of aromatic amines is 1. The summed E-state index contributed by atoms with van der Waals surface area (Å²) in [6, 6.07) is 2.28. The number of rotatable bonds is 9. The Morgan fingerprint density at radius 1 is 0.805 bits per heavy atom. The fourth-order valence-electron chi connectivity index (χ4n) is 3.35. The van der Waals surface area contributed by atoms with Crippen molar-refractivity contribution in [1.29, 1.82) is 0 Å². The average molecular weight is 683 g/mol. The van der Waals surface area contributed by atoms with Gasteiger partial charge in [-0.1, -0.05) is 0 Å². The summed E-state index contributed by atoms with van der Waals surface area (Å²) < 4.78 is 181. The SMILES string of the molecule is O=c1ccn([C@H]2C=C([Se]c3ccc(C(F)(F)C(F)(F)C(F)(F)C(F)(F)C(F)(F)C(F)(F)F)cc3)[C@@H](CO)O2)c(=O)[nH]1. The quantitative estimate of drug-likeness (QED) is 0.313. The Hall–Kier alpha value is -2.83. The first-order valence-corrected chi connectivity index (χ1v) is 12.3. The number of aromatic nitrogens is 2. The number of ether oxygens (including phenoxy) is 1. The summed E-state index contributed by atoms with van der Waals surface area (Å²) in [5.41, 5.74) is -3.78. The van der Waals surface area contributed by atoms with Crippen LogP contribution in [0.5, 0.6) is 0 Å². The zero-order valence-corrected chi connectivity index (χ0v) is 21.1. The number of nitrogens with zero attached hydrogens (tertiary/aromatic N) is 1. The van der Waals surface area contributed by atoms with Crippen LogP contribution in [-0.4, -0.2) is 72.2 Å². The summed E-state index contributed by atoms with van der Waals surface area (Å²) in [6.07, 6.45) is -7.44. The molecule has 0 aliphatic carbocycles. The molecule has 0 spiro atoms. The summed E-state index contributed by atoms with van der Waals surface area (Å²) in [4.78, 5) is 25.1. The van der Waals surface area contributed by atoms with Crippen LogP contribution in [0, 0.1) is 0 Å². The Morgan fingerprint density at radius 3 is 1.83 bits per heavy atom. The molecule has 3 rings (SSSR count). The topological polar surface area (TPSA) is 84.3 Å². The van der Waals surface area contributed by atoms with Crippen molar-refractivity contribution in [2.24, 2.45) is 0 Å². The summed E-state index contributed by atoms with van der Waals surface area (Å²) in [6.45, 7) is -0.684. The van der Waals surface area contributed by atoms with Crippen LogP contribution in [0.15, 0.2) is 56.7 Å².